The fraction of sp³-hybridized carbons (Fsp3) is 0.167. The fourth-order valence-corrected chi connectivity index (χ4v) is 1.66. The molecule has 0 aliphatic heterocycles. The van der Waals surface area contributed by atoms with Gasteiger partial charge in [-0.15, -0.1) is 0 Å². The minimum absolute atomic E-state index is 0.412. The second-order valence-electron chi connectivity index (χ2n) is 3.44. The third-order valence-electron chi connectivity index (χ3n) is 2.42. The van der Waals surface area contributed by atoms with E-state index in [0.717, 1.165) is 16.9 Å². The second kappa shape index (κ2) is 4.18. The van der Waals surface area contributed by atoms with Crippen molar-refractivity contribution in [2.75, 3.05) is 12.8 Å². The number of nitrogen functional groups attached to an aromatic ring is 1. The molecule has 2 aromatic rings. The van der Waals surface area contributed by atoms with Gasteiger partial charge in [0, 0.05) is 18.0 Å². The lowest BCUT2D eigenvalue weighted by Crippen LogP contribution is -1.99. The quantitative estimate of drug-likeness (QED) is 0.832. The van der Waals surface area contributed by atoms with Gasteiger partial charge in [0.05, 0.1) is 7.11 Å². The number of ether oxygens (including phenoxy) is 1. The maximum absolute atomic E-state index is 5.82. The molecule has 4 nitrogen and oxygen atoms in total. The van der Waals surface area contributed by atoms with Gasteiger partial charge in [-0.05, 0) is 18.6 Å². The molecule has 0 radical (unpaired) electrons. The van der Waals surface area contributed by atoms with Gasteiger partial charge in [0.15, 0.2) is 0 Å². The number of rotatable bonds is 2. The van der Waals surface area contributed by atoms with Crippen molar-refractivity contribution in [1.29, 1.82) is 0 Å². The number of anilines is 1. The summed E-state index contributed by atoms with van der Waals surface area (Å²) in [5.74, 6) is 1.17. The first-order valence-corrected chi connectivity index (χ1v) is 4.94. The average Bonchev–Trinajstić information content (AvgIpc) is 2.30. The Bertz CT molecular complexity index is 511. The number of hydrogen-bond acceptors (Lipinski definition) is 4. The van der Waals surface area contributed by atoms with Crippen LogP contribution in [0.4, 0.5) is 5.82 Å². The topological polar surface area (TPSA) is 61.0 Å². The van der Waals surface area contributed by atoms with Gasteiger partial charge in [0.25, 0.3) is 0 Å². The minimum atomic E-state index is 0.412. The Morgan fingerprint density at radius 3 is 2.62 bits per heavy atom. The van der Waals surface area contributed by atoms with E-state index in [9.17, 15) is 0 Å². The van der Waals surface area contributed by atoms with E-state index < -0.39 is 0 Å². The second-order valence-corrected chi connectivity index (χ2v) is 3.44. The monoisotopic (exact) mass is 215 g/mol. The molecule has 0 fully saturated rings. The molecule has 2 rings (SSSR count). The maximum Gasteiger partial charge on any atom is 0.150 e. The largest absolute Gasteiger partial charge is 0.496 e. The Morgan fingerprint density at radius 2 is 1.94 bits per heavy atom. The molecule has 0 atom stereocenters. The summed E-state index contributed by atoms with van der Waals surface area (Å²) in [6.45, 7) is 1.99. The van der Waals surface area contributed by atoms with Crippen LogP contribution in [0.25, 0.3) is 11.3 Å². The van der Waals surface area contributed by atoms with E-state index in [1.165, 1.54) is 0 Å². The molecule has 1 aromatic carbocycles. The van der Waals surface area contributed by atoms with E-state index in [-0.39, 0.29) is 0 Å². The Kier molecular flexibility index (Phi) is 2.72. The lowest BCUT2D eigenvalue weighted by atomic mass is 10.0. The summed E-state index contributed by atoms with van der Waals surface area (Å²) < 4.78 is 5.31. The van der Waals surface area contributed by atoms with Gasteiger partial charge in [0.1, 0.15) is 17.3 Å². The molecule has 16 heavy (non-hydrogen) atoms. The number of benzene rings is 1. The van der Waals surface area contributed by atoms with E-state index in [0.29, 0.717) is 11.5 Å². The number of aryl methyl sites for hydroxylation is 1. The highest BCUT2D eigenvalue weighted by Gasteiger charge is 2.13. The molecule has 0 spiro atoms. The Labute approximate surface area is 94.1 Å². The van der Waals surface area contributed by atoms with Crippen LogP contribution in [0, 0.1) is 6.92 Å². The first-order chi connectivity index (χ1) is 7.74. The summed E-state index contributed by atoms with van der Waals surface area (Å²) in [5, 5.41) is 0. The third-order valence-corrected chi connectivity index (χ3v) is 2.42. The molecule has 1 aromatic heterocycles. The van der Waals surface area contributed by atoms with Gasteiger partial charge in [0.2, 0.25) is 0 Å². The van der Waals surface area contributed by atoms with Gasteiger partial charge in [-0.25, -0.2) is 4.98 Å². The smallest absolute Gasteiger partial charge is 0.150 e. The number of aromatic nitrogens is 2. The van der Waals surface area contributed by atoms with Crippen LogP contribution in [-0.4, -0.2) is 17.1 Å². The molecule has 0 saturated heterocycles. The molecule has 0 bridgehead atoms. The number of methoxy groups -OCH3 is 1. The van der Waals surface area contributed by atoms with Crippen molar-refractivity contribution < 1.29 is 4.74 Å². The molecule has 0 aliphatic rings. The van der Waals surface area contributed by atoms with Crippen molar-refractivity contribution in [2.24, 2.45) is 0 Å². The zero-order chi connectivity index (χ0) is 11.5. The summed E-state index contributed by atoms with van der Waals surface area (Å²) >= 11 is 0. The van der Waals surface area contributed by atoms with Crippen LogP contribution in [0.3, 0.4) is 0 Å². The molecular weight excluding hydrogens is 202 g/mol. The van der Waals surface area contributed by atoms with Crippen molar-refractivity contribution in [2.45, 2.75) is 6.92 Å². The molecule has 2 N–H and O–H groups in total. The third kappa shape index (κ3) is 1.69. The normalized spacial score (nSPS) is 10.1. The van der Waals surface area contributed by atoms with E-state index in [2.05, 4.69) is 9.97 Å². The molecule has 0 aliphatic carbocycles. The van der Waals surface area contributed by atoms with Crippen molar-refractivity contribution in [3.63, 3.8) is 0 Å². The summed E-state index contributed by atoms with van der Waals surface area (Å²) in [4.78, 5) is 8.28. The van der Waals surface area contributed by atoms with Gasteiger partial charge < -0.3 is 10.5 Å². The molecule has 1 heterocycles. The van der Waals surface area contributed by atoms with E-state index >= 15 is 0 Å². The molecule has 0 amide bonds. The number of nitrogens with zero attached hydrogens (tertiary/aromatic N) is 2. The summed E-state index contributed by atoms with van der Waals surface area (Å²) in [7, 11) is 1.63. The van der Waals surface area contributed by atoms with Crippen molar-refractivity contribution >= 4 is 5.82 Å². The van der Waals surface area contributed by atoms with E-state index in [1.807, 2.05) is 25.1 Å². The molecule has 0 unspecified atom stereocenters. The zero-order valence-electron chi connectivity index (χ0n) is 9.27. The van der Waals surface area contributed by atoms with Crippen LogP contribution < -0.4 is 10.5 Å². The highest BCUT2D eigenvalue weighted by molar-refractivity contribution is 5.77. The molecule has 82 valence electrons. The highest BCUT2D eigenvalue weighted by atomic mass is 16.5. The van der Waals surface area contributed by atoms with Crippen LogP contribution in [0.15, 0.2) is 30.6 Å². The standard InChI is InChI=1S/C12H13N3O/c1-8-4-3-5-9(16-2)10(8)11-12(13)15-7-6-14-11/h3-7H,1-2H3,(H2,13,15). The predicted octanol–water partition coefficient (Wildman–Crippen LogP) is 2.04. The zero-order valence-corrected chi connectivity index (χ0v) is 9.27. The van der Waals surface area contributed by atoms with Crippen LogP contribution in [0.2, 0.25) is 0 Å². The van der Waals surface area contributed by atoms with Crippen LogP contribution >= 0.6 is 0 Å². The summed E-state index contributed by atoms with van der Waals surface area (Å²) in [5.41, 5.74) is 8.44. The van der Waals surface area contributed by atoms with Crippen LogP contribution in [0.5, 0.6) is 5.75 Å². The average molecular weight is 215 g/mol. The lowest BCUT2D eigenvalue weighted by Gasteiger charge is -2.11. The SMILES string of the molecule is COc1cccc(C)c1-c1nccnc1N. The minimum Gasteiger partial charge on any atom is -0.496 e. The van der Waals surface area contributed by atoms with E-state index in [4.69, 9.17) is 10.5 Å². The predicted molar refractivity (Wildman–Crippen MR) is 63.2 cm³/mol. The molecular formula is C12H13N3O. The van der Waals surface area contributed by atoms with Gasteiger partial charge in [-0.3, -0.25) is 4.98 Å². The first-order valence-electron chi connectivity index (χ1n) is 4.94. The maximum atomic E-state index is 5.82. The van der Waals surface area contributed by atoms with Crippen molar-refractivity contribution in [1.82, 2.24) is 9.97 Å². The molecule has 4 heteroatoms. The van der Waals surface area contributed by atoms with Gasteiger partial charge in [-0.2, -0.15) is 0 Å². The van der Waals surface area contributed by atoms with Crippen molar-refractivity contribution in [3.05, 3.63) is 36.2 Å². The van der Waals surface area contributed by atoms with Crippen molar-refractivity contribution in [3.8, 4) is 17.0 Å². The molecule has 0 saturated carbocycles. The van der Waals surface area contributed by atoms with Crippen LogP contribution in [-0.2, 0) is 0 Å². The summed E-state index contributed by atoms with van der Waals surface area (Å²) in [6, 6.07) is 5.81. The lowest BCUT2D eigenvalue weighted by molar-refractivity contribution is 0.416. The number of hydrogen-bond donors (Lipinski definition) is 1. The Morgan fingerprint density at radius 1 is 1.19 bits per heavy atom. The fourth-order valence-electron chi connectivity index (χ4n) is 1.66. The van der Waals surface area contributed by atoms with Gasteiger partial charge >= 0.3 is 0 Å². The Hall–Kier alpha value is -2.10. The highest BCUT2D eigenvalue weighted by Crippen LogP contribution is 2.33. The number of nitrogens with two attached hydrogens (primary N) is 1. The van der Waals surface area contributed by atoms with Gasteiger partial charge in [-0.1, -0.05) is 12.1 Å². The summed E-state index contributed by atoms with van der Waals surface area (Å²) in [6.07, 6.45) is 3.20. The van der Waals surface area contributed by atoms with Crippen LogP contribution in [0.1, 0.15) is 5.56 Å². The van der Waals surface area contributed by atoms with E-state index in [1.54, 1.807) is 19.5 Å². The first kappa shape index (κ1) is 10.4. The Balaban J connectivity index is 2.68.